The number of hydrogen-bond donors (Lipinski definition) is 0. The van der Waals surface area contributed by atoms with Crippen LogP contribution >= 0.6 is 12.2 Å². The number of amides is 1. The van der Waals surface area contributed by atoms with Crippen LogP contribution in [0.3, 0.4) is 0 Å². The highest BCUT2D eigenvalue weighted by Gasteiger charge is 2.49. The summed E-state index contributed by atoms with van der Waals surface area (Å²) < 4.78 is 10.1. The number of nitrogens with zero attached hydrogens (tertiary/aromatic N) is 4. The Hall–Kier alpha value is -2.73. The molecule has 1 aromatic rings. The van der Waals surface area contributed by atoms with E-state index in [2.05, 4.69) is 4.98 Å². The predicted molar refractivity (Wildman–Crippen MR) is 97.6 cm³/mol. The van der Waals surface area contributed by atoms with Crippen LogP contribution in [-0.4, -0.2) is 52.7 Å². The van der Waals surface area contributed by atoms with Crippen LogP contribution in [0.4, 0.5) is 5.69 Å². The first-order valence-corrected chi connectivity index (χ1v) is 8.44. The zero-order valence-corrected chi connectivity index (χ0v) is 15.9. The van der Waals surface area contributed by atoms with Crippen molar-refractivity contribution in [3.8, 4) is 11.8 Å². The largest absolute Gasteiger partial charge is 0.494 e. The number of thiocarbonyl (C=S) groups is 1. The Bertz CT molecular complexity index is 787. The smallest absolute Gasteiger partial charge is 0.307 e. The van der Waals surface area contributed by atoms with Gasteiger partial charge >= 0.3 is 5.97 Å². The molecule has 0 bridgehead atoms. The normalized spacial score (nSPS) is 15.8. The number of nitriles is 1. The number of ether oxygens (including phenoxy) is 2. The van der Waals surface area contributed by atoms with Crippen LogP contribution in [-0.2, 0) is 14.3 Å². The Morgan fingerprint density at radius 3 is 2.73 bits per heavy atom. The van der Waals surface area contributed by atoms with Crippen LogP contribution in [0.25, 0.3) is 0 Å². The molecular formula is C17H20N4O4S. The molecule has 26 heavy (non-hydrogen) atoms. The van der Waals surface area contributed by atoms with Crippen molar-refractivity contribution < 1.29 is 19.1 Å². The highest BCUT2D eigenvalue weighted by molar-refractivity contribution is 7.80. The van der Waals surface area contributed by atoms with Crippen molar-refractivity contribution in [2.24, 2.45) is 0 Å². The van der Waals surface area contributed by atoms with E-state index >= 15 is 0 Å². The van der Waals surface area contributed by atoms with E-state index in [-0.39, 0.29) is 41.4 Å². The number of pyridine rings is 1. The number of carbonyl (C=O) groups is 2. The first-order chi connectivity index (χ1) is 12.3. The number of aromatic nitrogens is 1. The molecule has 0 aliphatic carbocycles. The third kappa shape index (κ3) is 3.46. The van der Waals surface area contributed by atoms with Gasteiger partial charge in [-0.1, -0.05) is 0 Å². The lowest BCUT2D eigenvalue weighted by atomic mass is 10.0. The molecule has 0 unspecified atom stereocenters. The second-order valence-corrected chi connectivity index (χ2v) is 6.41. The Labute approximate surface area is 157 Å². The van der Waals surface area contributed by atoms with Gasteiger partial charge in [0, 0.05) is 12.6 Å². The van der Waals surface area contributed by atoms with Crippen LogP contribution in [0.5, 0.6) is 5.75 Å². The van der Waals surface area contributed by atoms with E-state index in [1.165, 1.54) is 18.2 Å². The van der Waals surface area contributed by atoms with Gasteiger partial charge in [0.2, 0.25) is 0 Å². The topological polar surface area (TPSA) is 95.8 Å². The lowest BCUT2D eigenvalue weighted by Crippen LogP contribution is -2.45. The van der Waals surface area contributed by atoms with Crippen LogP contribution in [0, 0.1) is 11.3 Å². The van der Waals surface area contributed by atoms with Gasteiger partial charge in [0.15, 0.2) is 16.6 Å². The summed E-state index contributed by atoms with van der Waals surface area (Å²) in [5, 5.41) is 9.31. The molecule has 1 amide bonds. The molecule has 1 aliphatic rings. The minimum absolute atomic E-state index is 0.118. The summed E-state index contributed by atoms with van der Waals surface area (Å²) in [7, 11) is 1.42. The lowest BCUT2D eigenvalue weighted by molar-refractivity contribution is -0.143. The fourth-order valence-corrected chi connectivity index (χ4v) is 3.18. The highest BCUT2D eigenvalue weighted by Crippen LogP contribution is 2.34. The molecule has 0 radical (unpaired) electrons. The van der Waals surface area contributed by atoms with Gasteiger partial charge in [-0.05, 0) is 33.0 Å². The van der Waals surface area contributed by atoms with E-state index < -0.39 is 5.54 Å². The fourth-order valence-electron chi connectivity index (χ4n) is 2.67. The number of hydrogen-bond acceptors (Lipinski definition) is 7. The molecule has 8 nitrogen and oxygen atoms in total. The maximum atomic E-state index is 12.9. The molecule has 0 aromatic carbocycles. The van der Waals surface area contributed by atoms with Crippen molar-refractivity contribution >= 4 is 34.9 Å². The summed E-state index contributed by atoms with van der Waals surface area (Å²) in [5.41, 5.74) is -0.403. The average Bonchev–Trinajstić information content (AvgIpc) is 2.78. The van der Waals surface area contributed by atoms with Crippen molar-refractivity contribution in [1.29, 1.82) is 5.26 Å². The van der Waals surface area contributed by atoms with E-state index in [4.69, 9.17) is 27.0 Å². The van der Waals surface area contributed by atoms with Gasteiger partial charge in [-0.25, -0.2) is 4.98 Å². The van der Waals surface area contributed by atoms with Gasteiger partial charge < -0.3 is 14.4 Å². The molecule has 1 fully saturated rings. The Morgan fingerprint density at radius 1 is 1.46 bits per heavy atom. The number of esters is 1. The first kappa shape index (κ1) is 19.6. The van der Waals surface area contributed by atoms with Crippen molar-refractivity contribution in [3.05, 3.63) is 18.0 Å². The summed E-state index contributed by atoms with van der Waals surface area (Å²) in [6.45, 7) is 5.77. The van der Waals surface area contributed by atoms with Gasteiger partial charge in [0.25, 0.3) is 5.91 Å². The van der Waals surface area contributed by atoms with E-state index in [9.17, 15) is 9.59 Å². The molecular weight excluding hydrogens is 356 g/mol. The molecule has 1 aliphatic heterocycles. The van der Waals surface area contributed by atoms with Gasteiger partial charge in [0.05, 0.1) is 32.0 Å². The lowest BCUT2D eigenvalue weighted by Gasteiger charge is -2.28. The molecule has 1 saturated heterocycles. The van der Waals surface area contributed by atoms with Crippen molar-refractivity contribution in [1.82, 2.24) is 9.88 Å². The molecule has 9 heteroatoms. The third-order valence-electron chi connectivity index (χ3n) is 4.09. The summed E-state index contributed by atoms with van der Waals surface area (Å²) in [5.74, 6) is -0.345. The van der Waals surface area contributed by atoms with E-state index in [0.29, 0.717) is 12.3 Å². The average molecular weight is 376 g/mol. The van der Waals surface area contributed by atoms with Crippen molar-refractivity contribution in [3.63, 3.8) is 0 Å². The number of carbonyl (C=O) groups excluding carboxylic acids is 2. The number of rotatable bonds is 6. The second kappa shape index (κ2) is 7.66. The van der Waals surface area contributed by atoms with Gasteiger partial charge in [-0.15, -0.1) is 0 Å². The van der Waals surface area contributed by atoms with Crippen molar-refractivity contribution in [2.75, 3.05) is 25.2 Å². The monoisotopic (exact) mass is 376 g/mol. The van der Waals surface area contributed by atoms with Gasteiger partial charge in [-0.2, -0.15) is 5.26 Å². The van der Waals surface area contributed by atoms with Gasteiger partial charge in [0.1, 0.15) is 11.6 Å². The molecule has 138 valence electrons. The fraction of sp³-hybridized carbons (Fsp3) is 0.471. The standard InChI is InChI=1S/C17H20N4O4S/c1-5-25-14(22)6-7-20-16(26)21(15(23)17(20,2)3)11-8-13(24-4)12(9-18)19-10-11/h8,10H,5-7H2,1-4H3. The minimum atomic E-state index is -0.926. The molecule has 2 rings (SSSR count). The molecule has 2 heterocycles. The summed E-state index contributed by atoms with van der Waals surface area (Å²) in [6.07, 6.45) is 1.52. The summed E-state index contributed by atoms with van der Waals surface area (Å²) in [6, 6.07) is 3.46. The minimum Gasteiger partial charge on any atom is -0.494 e. The van der Waals surface area contributed by atoms with Crippen LogP contribution in [0.15, 0.2) is 12.3 Å². The Morgan fingerprint density at radius 2 is 2.15 bits per heavy atom. The van der Waals surface area contributed by atoms with E-state index in [1.54, 1.807) is 31.7 Å². The predicted octanol–water partition coefficient (Wildman–Crippen LogP) is 1.63. The maximum Gasteiger partial charge on any atom is 0.307 e. The van der Waals surface area contributed by atoms with Crippen LogP contribution in [0.2, 0.25) is 0 Å². The molecule has 0 atom stereocenters. The van der Waals surface area contributed by atoms with Crippen LogP contribution < -0.4 is 9.64 Å². The zero-order valence-electron chi connectivity index (χ0n) is 15.1. The molecule has 0 N–H and O–H groups in total. The number of methoxy groups -OCH3 is 1. The van der Waals surface area contributed by atoms with E-state index in [1.807, 2.05) is 6.07 Å². The van der Waals surface area contributed by atoms with Crippen LogP contribution in [0.1, 0.15) is 32.9 Å². The summed E-state index contributed by atoms with van der Waals surface area (Å²) >= 11 is 5.47. The summed E-state index contributed by atoms with van der Waals surface area (Å²) in [4.78, 5) is 31.6. The SMILES string of the molecule is CCOC(=O)CCN1C(=S)N(c2cnc(C#N)c(OC)c2)C(=O)C1(C)C. The maximum absolute atomic E-state index is 12.9. The number of anilines is 1. The third-order valence-corrected chi connectivity index (χ3v) is 4.49. The second-order valence-electron chi connectivity index (χ2n) is 6.05. The quantitative estimate of drug-likeness (QED) is 0.546. The zero-order chi connectivity index (χ0) is 19.5. The van der Waals surface area contributed by atoms with Gasteiger partial charge in [-0.3, -0.25) is 14.5 Å². The van der Waals surface area contributed by atoms with E-state index in [0.717, 1.165) is 0 Å². The van der Waals surface area contributed by atoms with Crippen molar-refractivity contribution in [2.45, 2.75) is 32.7 Å². The first-order valence-electron chi connectivity index (χ1n) is 8.03. The molecule has 0 saturated carbocycles. The highest BCUT2D eigenvalue weighted by atomic mass is 32.1. The Balaban J connectivity index is 2.31. The molecule has 0 spiro atoms. The Kier molecular flexibility index (Phi) is 5.77. The molecule has 1 aromatic heterocycles.